The summed E-state index contributed by atoms with van der Waals surface area (Å²) in [6, 6.07) is 5.52. The number of nitrogens with two attached hydrogens (primary N) is 1. The first-order valence-electron chi connectivity index (χ1n) is 5.43. The topological polar surface area (TPSA) is 78.5 Å². The van der Waals surface area contributed by atoms with E-state index < -0.39 is 5.54 Å². The molecule has 1 rings (SSSR count). The predicted molar refractivity (Wildman–Crippen MR) is 66.4 cm³/mol. The summed E-state index contributed by atoms with van der Waals surface area (Å²) >= 11 is 0. The Hall–Kier alpha value is -1.26. The van der Waals surface area contributed by atoms with E-state index in [-0.39, 0.29) is 13.2 Å². The molecule has 4 nitrogen and oxygen atoms in total. The standard InChI is InChI=1S/C12H20N2O2/c1-3-12(7-15,8-16)14-11-5-4-10(13)6-9(11)2/h4-6,14-16H,3,7-8,13H2,1-2H3. The summed E-state index contributed by atoms with van der Waals surface area (Å²) in [4.78, 5) is 0. The van der Waals surface area contributed by atoms with Crippen molar-refractivity contribution < 1.29 is 10.2 Å². The first kappa shape index (κ1) is 12.8. The Morgan fingerprint density at radius 2 is 1.94 bits per heavy atom. The quantitative estimate of drug-likeness (QED) is 0.565. The second kappa shape index (κ2) is 5.18. The van der Waals surface area contributed by atoms with Crippen molar-refractivity contribution in [1.29, 1.82) is 0 Å². The summed E-state index contributed by atoms with van der Waals surface area (Å²) in [5.41, 5.74) is 7.59. The molecule has 0 amide bonds. The number of nitrogens with one attached hydrogen (secondary N) is 1. The molecule has 0 spiro atoms. The Labute approximate surface area is 96.1 Å². The third-order valence-corrected chi connectivity index (χ3v) is 2.93. The number of aliphatic hydroxyl groups excluding tert-OH is 2. The fourth-order valence-corrected chi connectivity index (χ4v) is 1.55. The fourth-order valence-electron chi connectivity index (χ4n) is 1.55. The Morgan fingerprint density at radius 1 is 1.31 bits per heavy atom. The van der Waals surface area contributed by atoms with Gasteiger partial charge in [-0.15, -0.1) is 0 Å². The van der Waals surface area contributed by atoms with E-state index in [1.54, 1.807) is 6.07 Å². The van der Waals surface area contributed by atoms with Crippen LogP contribution in [-0.2, 0) is 0 Å². The van der Waals surface area contributed by atoms with Crippen LogP contribution >= 0.6 is 0 Å². The minimum atomic E-state index is -0.666. The fraction of sp³-hybridized carbons (Fsp3) is 0.500. The largest absolute Gasteiger partial charge is 0.399 e. The zero-order valence-electron chi connectivity index (χ0n) is 9.83. The van der Waals surface area contributed by atoms with Gasteiger partial charge in [-0.25, -0.2) is 0 Å². The van der Waals surface area contributed by atoms with Gasteiger partial charge in [0, 0.05) is 11.4 Å². The van der Waals surface area contributed by atoms with E-state index in [1.807, 2.05) is 26.0 Å². The van der Waals surface area contributed by atoms with Gasteiger partial charge < -0.3 is 21.3 Å². The maximum absolute atomic E-state index is 9.34. The molecule has 1 aromatic carbocycles. The van der Waals surface area contributed by atoms with Crippen LogP contribution < -0.4 is 11.1 Å². The van der Waals surface area contributed by atoms with Crippen LogP contribution in [0.3, 0.4) is 0 Å². The minimum absolute atomic E-state index is 0.107. The number of hydrogen-bond acceptors (Lipinski definition) is 4. The summed E-state index contributed by atoms with van der Waals surface area (Å²) in [5, 5.41) is 21.9. The molecule has 90 valence electrons. The third kappa shape index (κ3) is 2.65. The molecule has 0 heterocycles. The number of benzene rings is 1. The Bertz CT molecular complexity index is 341. The highest BCUT2D eigenvalue weighted by Crippen LogP contribution is 2.23. The summed E-state index contributed by atoms with van der Waals surface area (Å²) in [6.45, 7) is 3.65. The van der Waals surface area contributed by atoms with Gasteiger partial charge in [-0.3, -0.25) is 0 Å². The van der Waals surface area contributed by atoms with Crippen LogP contribution in [0.5, 0.6) is 0 Å². The summed E-state index contributed by atoms with van der Waals surface area (Å²) in [5.74, 6) is 0. The monoisotopic (exact) mass is 224 g/mol. The molecule has 0 aliphatic heterocycles. The van der Waals surface area contributed by atoms with Crippen LogP contribution in [0.25, 0.3) is 0 Å². The van der Waals surface area contributed by atoms with Crippen LogP contribution in [-0.4, -0.2) is 29.0 Å². The third-order valence-electron chi connectivity index (χ3n) is 2.93. The van der Waals surface area contributed by atoms with Gasteiger partial charge in [0.15, 0.2) is 0 Å². The summed E-state index contributed by atoms with van der Waals surface area (Å²) < 4.78 is 0. The lowest BCUT2D eigenvalue weighted by molar-refractivity contribution is 0.132. The number of anilines is 2. The number of aliphatic hydroxyl groups is 2. The minimum Gasteiger partial charge on any atom is -0.399 e. The molecule has 0 saturated carbocycles. The van der Waals surface area contributed by atoms with Crippen LogP contribution in [0.4, 0.5) is 11.4 Å². The molecule has 5 N–H and O–H groups in total. The lowest BCUT2D eigenvalue weighted by atomic mass is 9.97. The first-order valence-corrected chi connectivity index (χ1v) is 5.43. The van der Waals surface area contributed by atoms with Gasteiger partial charge >= 0.3 is 0 Å². The highest BCUT2D eigenvalue weighted by atomic mass is 16.3. The van der Waals surface area contributed by atoms with Crippen molar-refractivity contribution in [1.82, 2.24) is 0 Å². The Balaban J connectivity index is 2.93. The van der Waals surface area contributed by atoms with Gasteiger partial charge in [-0.05, 0) is 37.1 Å². The van der Waals surface area contributed by atoms with Crippen molar-refractivity contribution in [3.8, 4) is 0 Å². The molecule has 0 unspecified atom stereocenters. The van der Waals surface area contributed by atoms with Crippen molar-refractivity contribution >= 4 is 11.4 Å². The van der Waals surface area contributed by atoms with E-state index >= 15 is 0 Å². The molecule has 0 atom stereocenters. The molecule has 0 aliphatic rings. The first-order chi connectivity index (χ1) is 7.56. The van der Waals surface area contributed by atoms with Crippen molar-refractivity contribution in [2.75, 3.05) is 24.3 Å². The molecule has 0 aromatic heterocycles. The van der Waals surface area contributed by atoms with E-state index in [2.05, 4.69) is 5.32 Å². The van der Waals surface area contributed by atoms with Gasteiger partial charge in [-0.2, -0.15) is 0 Å². The van der Waals surface area contributed by atoms with E-state index in [4.69, 9.17) is 5.73 Å². The van der Waals surface area contributed by atoms with Crippen molar-refractivity contribution in [2.45, 2.75) is 25.8 Å². The zero-order chi connectivity index (χ0) is 12.2. The van der Waals surface area contributed by atoms with E-state index in [0.29, 0.717) is 12.1 Å². The molecule has 4 heteroatoms. The molecular formula is C12H20N2O2. The smallest absolute Gasteiger partial charge is 0.0832 e. The van der Waals surface area contributed by atoms with Crippen molar-refractivity contribution in [3.05, 3.63) is 23.8 Å². The van der Waals surface area contributed by atoms with Gasteiger partial charge in [-0.1, -0.05) is 6.92 Å². The number of nitrogen functional groups attached to an aromatic ring is 1. The molecular weight excluding hydrogens is 204 g/mol. The average Bonchev–Trinajstić information content (AvgIpc) is 2.29. The number of aryl methyl sites for hydroxylation is 1. The van der Waals surface area contributed by atoms with Crippen molar-refractivity contribution in [3.63, 3.8) is 0 Å². The van der Waals surface area contributed by atoms with Crippen LogP contribution in [0.1, 0.15) is 18.9 Å². The van der Waals surface area contributed by atoms with Gasteiger partial charge in [0.2, 0.25) is 0 Å². The van der Waals surface area contributed by atoms with Crippen LogP contribution in [0, 0.1) is 6.92 Å². The van der Waals surface area contributed by atoms with E-state index in [9.17, 15) is 10.2 Å². The highest BCUT2D eigenvalue weighted by molar-refractivity contribution is 5.58. The average molecular weight is 224 g/mol. The lowest BCUT2D eigenvalue weighted by Gasteiger charge is -2.31. The van der Waals surface area contributed by atoms with Crippen molar-refractivity contribution in [2.24, 2.45) is 0 Å². The lowest BCUT2D eigenvalue weighted by Crippen LogP contribution is -2.45. The van der Waals surface area contributed by atoms with E-state index in [1.165, 1.54) is 0 Å². The molecule has 0 bridgehead atoms. The maximum atomic E-state index is 9.34. The second-order valence-electron chi connectivity index (χ2n) is 4.15. The van der Waals surface area contributed by atoms with Crippen LogP contribution in [0.15, 0.2) is 18.2 Å². The molecule has 16 heavy (non-hydrogen) atoms. The zero-order valence-corrected chi connectivity index (χ0v) is 9.83. The van der Waals surface area contributed by atoms with Gasteiger partial charge in [0.25, 0.3) is 0 Å². The second-order valence-corrected chi connectivity index (χ2v) is 4.15. The summed E-state index contributed by atoms with van der Waals surface area (Å²) in [6.07, 6.45) is 0.643. The molecule has 0 saturated heterocycles. The predicted octanol–water partition coefficient (Wildman–Crippen LogP) is 1.12. The molecule has 0 fully saturated rings. The highest BCUT2D eigenvalue weighted by Gasteiger charge is 2.26. The Morgan fingerprint density at radius 3 is 2.38 bits per heavy atom. The SMILES string of the molecule is CCC(CO)(CO)Nc1ccc(N)cc1C. The van der Waals surface area contributed by atoms with E-state index in [0.717, 1.165) is 11.3 Å². The molecule has 0 radical (unpaired) electrons. The maximum Gasteiger partial charge on any atom is 0.0832 e. The Kier molecular flexibility index (Phi) is 4.15. The molecule has 0 aliphatic carbocycles. The summed E-state index contributed by atoms with van der Waals surface area (Å²) in [7, 11) is 0. The van der Waals surface area contributed by atoms with Crippen LogP contribution in [0.2, 0.25) is 0 Å². The van der Waals surface area contributed by atoms with Gasteiger partial charge in [0.05, 0.1) is 18.8 Å². The van der Waals surface area contributed by atoms with Gasteiger partial charge in [0.1, 0.15) is 0 Å². The number of rotatable bonds is 5. The normalized spacial score (nSPS) is 11.5. The molecule has 1 aromatic rings. The number of hydrogen-bond donors (Lipinski definition) is 4.